The number of hydrogen-bond donors (Lipinski definition) is 2. The summed E-state index contributed by atoms with van der Waals surface area (Å²) in [5, 5.41) is 15.2. The van der Waals surface area contributed by atoms with E-state index in [2.05, 4.69) is 44.4 Å². The molecule has 2 N–H and O–H groups in total. The van der Waals surface area contributed by atoms with Crippen LogP contribution in [-0.4, -0.2) is 30.3 Å². The van der Waals surface area contributed by atoms with Crippen molar-refractivity contribution in [1.82, 2.24) is 10.6 Å². The number of hydrogen-bond acceptors (Lipinski definition) is 4. The molecule has 0 radical (unpaired) electrons. The van der Waals surface area contributed by atoms with Gasteiger partial charge in [-0.1, -0.05) is 27.7 Å². The molecule has 0 aromatic heterocycles. The highest BCUT2D eigenvalue weighted by atomic mass is 16.6. The molecule has 0 unspecified atom stereocenters. The van der Waals surface area contributed by atoms with Crippen molar-refractivity contribution < 1.29 is 9.53 Å². The molecule has 0 aromatic rings. The minimum absolute atomic E-state index is 0.0644. The van der Waals surface area contributed by atoms with E-state index in [0.717, 1.165) is 25.8 Å². The molecular formula is C18H35N3O2. The zero-order valence-corrected chi connectivity index (χ0v) is 16.0. The van der Waals surface area contributed by atoms with E-state index in [1.54, 1.807) is 0 Å². The monoisotopic (exact) mass is 325 g/mol. The minimum atomic E-state index is -0.496. The summed E-state index contributed by atoms with van der Waals surface area (Å²) >= 11 is 0. The first kappa shape index (κ1) is 21.7. The Balaban J connectivity index is 4.61. The molecule has 0 rings (SSSR count). The molecule has 23 heavy (non-hydrogen) atoms. The lowest BCUT2D eigenvalue weighted by molar-refractivity contribution is 0.0444. The summed E-state index contributed by atoms with van der Waals surface area (Å²) in [7, 11) is 0. The van der Waals surface area contributed by atoms with Crippen LogP contribution in [0.1, 0.15) is 74.1 Å². The number of carbonyl (C=O) groups excluding carboxylic acids is 1. The summed E-state index contributed by atoms with van der Waals surface area (Å²) in [6.07, 6.45) is 2.72. The second-order valence-electron chi connectivity index (χ2n) is 8.04. The van der Waals surface area contributed by atoms with Crippen molar-refractivity contribution in [3.05, 3.63) is 0 Å². The molecule has 0 heterocycles. The number of rotatable bonds is 9. The molecule has 5 heteroatoms. The number of nitrogens with one attached hydrogen (secondary N) is 2. The van der Waals surface area contributed by atoms with Gasteiger partial charge < -0.3 is 15.4 Å². The fourth-order valence-corrected chi connectivity index (χ4v) is 2.36. The molecule has 0 fully saturated rings. The van der Waals surface area contributed by atoms with Gasteiger partial charge in [-0.2, -0.15) is 5.26 Å². The SMILES string of the molecule is CCC(CC)(CNCC(C)(C)CCC#N)NC(=O)OC(C)(C)C. The van der Waals surface area contributed by atoms with E-state index in [1.807, 2.05) is 20.8 Å². The molecule has 0 atom stereocenters. The maximum Gasteiger partial charge on any atom is 0.408 e. The Morgan fingerprint density at radius 1 is 1.09 bits per heavy atom. The summed E-state index contributed by atoms with van der Waals surface area (Å²) < 4.78 is 5.38. The molecule has 5 nitrogen and oxygen atoms in total. The summed E-state index contributed by atoms with van der Waals surface area (Å²) in [6.45, 7) is 15.5. The summed E-state index contributed by atoms with van der Waals surface area (Å²) in [6, 6.07) is 2.20. The van der Waals surface area contributed by atoms with Gasteiger partial charge in [0.25, 0.3) is 0 Å². The minimum Gasteiger partial charge on any atom is -0.444 e. The van der Waals surface area contributed by atoms with Crippen LogP contribution >= 0.6 is 0 Å². The fraction of sp³-hybridized carbons (Fsp3) is 0.889. The molecule has 0 bridgehead atoms. The van der Waals surface area contributed by atoms with Crippen molar-refractivity contribution in [2.45, 2.75) is 85.3 Å². The molecule has 134 valence electrons. The van der Waals surface area contributed by atoms with Crippen LogP contribution < -0.4 is 10.6 Å². The van der Waals surface area contributed by atoms with Crippen molar-refractivity contribution >= 4 is 6.09 Å². The van der Waals surface area contributed by atoms with E-state index in [9.17, 15) is 4.79 Å². The summed E-state index contributed by atoms with van der Waals surface area (Å²) in [5.74, 6) is 0. The van der Waals surface area contributed by atoms with E-state index in [-0.39, 0.29) is 17.0 Å². The smallest absolute Gasteiger partial charge is 0.408 e. The quantitative estimate of drug-likeness (QED) is 0.672. The van der Waals surface area contributed by atoms with Gasteiger partial charge in [0.2, 0.25) is 0 Å². The van der Waals surface area contributed by atoms with E-state index >= 15 is 0 Å². The molecule has 0 aliphatic heterocycles. The summed E-state index contributed by atoms with van der Waals surface area (Å²) in [4.78, 5) is 12.1. The molecule has 0 aliphatic rings. The highest BCUT2D eigenvalue weighted by Crippen LogP contribution is 2.22. The third-order valence-electron chi connectivity index (χ3n) is 4.10. The molecule has 1 amide bonds. The van der Waals surface area contributed by atoms with Gasteiger partial charge in [-0.25, -0.2) is 4.79 Å². The predicted octanol–water partition coefficient (Wildman–Crippen LogP) is 3.99. The fourth-order valence-electron chi connectivity index (χ4n) is 2.36. The van der Waals surface area contributed by atoms with Crippen LogP contribution in [-0.2, 0) is 4.74 Å². The lowest BCUT2D eigenvalue weighted by atomic mass is 9.87. The Morgan fingerprint density at radius 3 is 2.09 bits per heavy atom. The Bertz CT molecular complexity index is 401. The van der Waals surface area contributed by atoms with Gasteiger partial charge >= 0.3 is 6.09 Å². The molecule has 0 saturated heterocycles. The van der Waals surface area contributed by atoms with Gasteiger partial charge in [0, 0.05) is 19.5 Å². The number of amides is 1. The first-order valence-corrected chi connectivity index (χ1v) is 8.58. The molecule has 0 aromatic carbocycles. The van der Waals surface area contributed by atoms with Crippen LogP contribution in [0.3, 0.4) is 0 Å². The first-order chi connectivity index (χ1) is 10.5. The third-order valence-corrected chi connectivity index (χ3v) is 4.10. The Labute approximate surface area is 142 Å². The standard InChI is InChI=1S/C18H35N3O2/c1-8-18(9-2,21-15(22)23-16(3,4)5)14-20-13-17(6,7)11-10-12-19/h20H,8-11,13-14H2,1-7H3,(H,21,22). The molecular weight excluding hydrogens is 290 g/mol. The second kappa shape index (κ2) is 9.12. The van der Waals surface area contributed by atoms with Crippen LogP contribution in [0.25, 0.3) is 0 Å². The van der Waals surface area contributed by atoms with Crippen molar-refractivity contribution in [2.75, 3.05) is 13.1 Å². The Morgan fingerprint density at radius 2 is 1.65 bits per heavy atom. The first-order valence-electron chi connectivity index (χ1n) is 8.58. The van der Waals surface area contributed by atoms with Crippen LogP contribution in [0.4, 0.5) is 4.79 Å². The number of carbonyl (C=O) groups is 1. The third kappa shape index (κ3) is 9.45. The van der Waals surface area contributed by atoms with E-state index < -0.39 is 5.60 Å². The van der Waals surface area contributed by atoms with Crippen molar-refractivity contribution in [2.24, 2.45) is 5.41 Å². The van der Waals surface area contributed by atoms with Gasteiger partial charge in [-0.15, -0.1) is 0 Å². The maximum absolute atomic E-state index is 12.1. The lowest BCUT2D eigenvalue weighted by Gasteiger charge is -2.35. The topological polar surface area (TPSA) is 74.2 Å². The van der Waals surface area contributed by atoms with Crippen molar-refractivity contribution in [3.63, 3.8) is 0 Å². The highest BCUT2D eigenvalue weighted by molar-refractivity contribution is 5.68. The average molecular weight is 325 g/mol. The number of alkyl carbamates (subject to hydrolysis) is 1. The number of nitriles is 1. The van der Waals surface area contributed by atoms with Gasteiger partial charge in [0.15, 0.2) is 0 Å². The Hall–Kier alpha value is -1.28. The van der Waals surface area contributed by atoms with E-state index in [1.165, 1.54) is 0 Å². The zero-order chi connectivity index (χ0) is 18.1. The zero-order valence-electron chi connectivity index (χ0n) is 16.0. The largest absolute Gasteiger partial charge is 0.444 e. The van der Waals surface area contributed by atoms with Crippen molar-refractivity contribution in [1.29, 1.82) is 5.26 Å². The lowest BCUT2D eigenvalue weighted by Crippen LogP contribution is -2.55. The van der Waals surface area contributed by atoms with Gasteiger partial charge in [-0.3, -0.25) is 0 Å². The molecule has 0 spiro atoms. The maximum atomic E-state index is 12.1. The van der Waals surface area contributed by atoms with Gasteiger partial charge in [0.1, 0.15) is 5.60 Å². The second-order valence-corrected chi connectivity index (χ2v) is 8.04. The van der Waals surface area contributed by atoms with Crippen molar-refractivity contribution in [3.8, 4) is 6.07 Å². The van der Waals surface area contributed by atoms with Gasteiger partial charge in [0.05, 0.1) is 11.6 Å². The Kier molecular flexibility index (Phi) is 8.61. The van der Waals surface area contributed by atoms with E-state index in [0.29, 0.717) is 13.0 Å². The predicted molar refractivity (Wildman–Crippen MR) is 94.2 cm³/mol. The molecule has 0 aliphatic carbocycles. The summed E-state index contributed by atoms with van der Waals surface area (Å²) in [5.41, 5.74) is -0.744. The average Bonchev–Trinajstić information content (AvgIpc) is 2.42. The number of nitrogens with zero attached hydrogens (tertiary/aromatic N) is 1. The van der Waals surface area contributed by atoms with Crippen LogP contribution in [0.15, 0.2) is 0 Å². The van der Waals surface area contributed by atoms with Crippen LogP contribution in [0, 0.1) is 16.7 Å². The van der Waals surface area contributed by atoms with E-state index in [4.69, 9.17) is 10.00 Å². The molecule has 0 saturated carbocycles. The van der Waals surface area contributed by atoms with Crippen LogP contribution in [0.2, 0.25) is 0 Å². The van der Waals surface area contributed by atoms with Crippen LogP contribution in [0.5, 0.6) is 0 Å². The number of ether oxygens (including phenoxy) is 1. The van der Waals surface area contributed by atoms with Gasteiger partial charge in [-0.05, 0) is 45.4 Å². The highest BCUT2D eigenvalue weighted by Gasteiger charge is 2.30. The normalized spacial score (nSPS) is 12.6.